The fraction of sp³-hybridized carbons (Fsp3) is 0.615. The number of ether oxygens (including phenoxy) is 2. The van der Waals surface area contributed by atoms with Crippen LogP contribution in [0.5, 0.6) is 5.75 Å². The van der Waals surface area contributed by atoms with Gasteiger partial charge in [0.2, 0.25) is 0 Å². The minimum absolute atomic E-state index is 0.509. The Morgan fingerprint density at radius 3 is 2.62 bits per heavy atom. The van der Waals surface area contributed by atoms with Crippen molar-refractivity contribution in [1.82, 2.24) is 20.2 Å². The van der Waals surface area contributed by atoms with E-state index in [1.54, 1.807) is 0 Å². The Balaban J connectivity index is 1.17. The van der Waals surface area contributed by atoms with Gasteiger partial charge in [-0.05, 0) is 50.9 Å². The zero-order chi connectivity index (χ0) is 22.5. The van der Waals surface area contributed by atoms with Crippen LogP contribution in [0.1, 0.15) is 54.5 Å². The molecule has 180 valence electrons. The second-order valence-electron chi connectivity index (χ2n) is 10.4. The van der Waals surface area contributed by atoms with Gasteiger partial charge in [-0.2, -0.15) is 0 Å². The van der Waals surface area contributed by atoms with Crippen LogP contribution in [0.15, 0.2) is 18.3 Å². The van der Waals surface area contributed by atoms with Gasteiger partial charge in [0, 0.05) is 61.6 Å². The van der Waals surface area contributed by atoms with Gasteiger partial charge in [-0.15, -0.1) is 0 Å². The van der Waals surface area contributed by atoms with Gasteiger partial charge in [0.1, 0.15) is 12.4 Å². The molecule has 8 heteroatoms. The minimum atomic E-state index is 0.509. The summed E-state index contributed by atoms with van der Waals surface area (Å²) < 4.78 is 12.1. The first kappa shape index (κ1) is 20.9. The summed E-state index contributed by atoms with van der Waals surface area (Å²) in [4.78, 5) is 15.0. The summed E-state index contributed by atoms with van der Waals surface area (Å²) >= 11 is 0. The summed E-state index contributed by atoms with van der Waals surface area (Å²) in [5, 5.41) is 7.15. The number of hydrogen-bond acceptors (Lipinski definition) is 8. The lowest BCUT2D eigenvalue weighted by atomic mass is 9.90. The van der Waals surface area contributed by atoms with Crippen LogP contribution in [0.3, 0.4) is 0 Å². The van der Waals surface area contributed by atoms with Gasteiger partial charge >= 0.3 is 0 Å². The molecule has 5 aliphatic rings. The van der Waals surface area contributed by atoms with Crippen LogP contribution in [-0.4, -0.2) is 73.4 Å². The van der Waals surface area contributed by atoms with Gasteiger partial charge in [0.05, 0.1) is 30.2 Å². The number of nitrogens with zero attached hydrogens (tertiary/aromatic N) is 4. The fourth-order valence-electron chi connectivity index (χ4n) is 5.94. The summed E-state index contributed by atoms with van der Waals surface area (Å²) in [5.41, 5.74) is 5.74. The molecule has 4 fully saturated rings. The Kier molecular flexibility index (Phi) is 5.33. The number of piperidine rings is 1. The van der Waals surface area contributed by atoms with Gasteiger partial charge in [0.15, 0.2) is 5.75 Å². The molecule has 1 aliphatic carbocycles. The van der Waals surface area contributed by atoms with Crippen molar-refractivity contribution in [3.8, 4) is 5.75 Å². The Hall–Kier alpha value is -2.42. The highest BCUT2D eigenvalue weighted by Gasteiger charge is 2.38. The number of aromatic nitrogens is 2. The van der Waals surface area contributed by atoms with Crippen LogP contribution in [0, 0.1) is 0 Å². The predicted octanol–water partition coefficient (Wildman–Crippen LogP) is 2.98. The van der Waals surface area contributed by atoms with E-state index in [1.165, 1.54) is 37.1 Å². The first-order valence-corrected chi connectivity index (χ1v) is 13.0. The molecule has 2 aromatic heterocycles. The molecule has 2 N–H and O–H groups in total. The topological polar surface area (TPSA) is 74.8 Å². The second-order valence-corrected chi connectivity index (χ2v) is 10.4. The lowest BCUT2D eigenvalue weighted by Crippen LogP contribution is -2.53. The maximum Gasteiger partial charge on any atom is 0.165 e. The summed E-state index contributed by atoms with van der Waals surface area (Å²) in [6, 6.07) is 5.09. The average Bonchev–Trinajstić information content (AvgIpc) is 3.70. The number of nitrogens with one attached hydrogen (secondary N) is 2. The van der Waals surface area contributed by atoms with E-state index in [0.29, 0.717) is 18.4 Å². The van der Waals surface area contributed by atoms with Crippen molar-refractivity contribution in [2.24, 2.45) is 0 Å². The Morgan fingerprint density at radius 2 is 1.82 bits per heavy atom. The average molecular weight is 463 g/mol. The molecule has 4 aliphatic heterocycles. The summed E-state index contributed by atoms with van der Waals surface area (Å²) in [6.45, 7) is 8.39. The Morgan fingerprint density at radius 1 is 1.00 bits per heavy atom. The number of likely N-dealkylation sites (tertiary alicyclic amines) is 1. The highest BCUT2D eigenvalue weighted by atomic mass is 16.5. The van der Waals surface area contributed by atoms with E-state index in [0.717, 1.165) is 87.0 Å². The van der Waals surface area contributed by atoms with Crippen molar-refractivity contribution < 1.29 is 9.47 Å². The Labute approximate surface area is 201 Å². The Bertz CT molecular complexity index is 1060. The molecule has 6 heterocycles. The maximum atomic E-state index is 6.50. The second kappa shape index (κ2) is 8.66. The monoisotopic (exact) mass is 462 g/mol. The molecule has 0 unspecified atom stereocenters. The lowest BCUT2D eigenvalue weighted by molar-refractivity contribution is 0.0712. The molecule has 0 aromatic carbocycles. The fourth-order valence-corrected chi connectivity index (χ4v) is 5.94. The number of morpholine rings is 1. The van der Waals surface area contributed by atoms with Crippen molar-refractivity contribution in [3.63, 3.8) is 0 Å². The summed E-state index contributed by atoms with van der Waals surface area (Å²) in [7, 11) is 0. The minimum Gasteiger partial charge on any atom is -0.485 e. The van der Waals surface area contributed by atoms with Crippen molar-refractivity contribution in [3.05, 3.63) is 35.3 Å². The lowest BCUT2D eigenvalue weighted by Gasteiger charge is -2.45. The number of hydrogen-bond donors (Lipinski definition) is 2. The first-order chi connectivity index (χ1) is 16.8. The molecular weight excluding hydrogens is 428 g/mol. The van der Waals surface area contributed by atoms with E-state index in [-0.39, 0.29) is 0 Å². The van der Waals surface area contributed by atoms with E-state index < -0.39 is 0 Å². The van der Waals surface area contributed by atoms with E-state index in [2.05, 4.69) is 32.6 Å². The van der Waals surface area contributed by atoms with Crippen molar-refractivity contribution in [1.29, 1.82) is 0 Å². The quantitative estimate of drug-likeness (QED) is 0.719. The molecule has 0 atom stereocenters. The highest BCUT2D eigenvalue weighted by Crippen LogP contribution is 2.49. The highest BCUT2D eigenvalue weighted by molar-refractivity contribution is 5.74. The third-order valence-corrected chi connectivity index (χ3v) is 8.13. The van der Waals surface area contributed by atoms with Crippen molar-refractivity contribution in [2.45, 2.75) is 50.2 Å². The summed E-state index contributed by atoms with van der Waals surface area (Å²) in [5.74, 6) is 2.89. The molecule has 0 bridgehead atoms. The van der Waals surface area contributed by atoms with Gasteiger partial charge in [-0.3, -0.25) is 9.88 Å². The van der Waals surface area contributed by atoms with Gasteiger partial charge in [-0.25, -0.2) is 4.98 Å². The van der Waals surface area contributed by atoms with Crippen LogP contribution in [0.25, 0.3) is 0 Å². The van der Waals surface area contributed by atoms with Gasteiger partial charge in [-0.1, -0.05) is 0 Å². The number of pyridine rings is 2. The van der Waals surface area contributed by atoms with Gasteiger partial charge < -0.3 is 25.0 Å². The van der Waals surface area contributed by atoms with Crippen LogP contribution in [0.2, 0.25) is 0 Å². The molecule has 0 spiro atoms. The van der Waals surface area contributed by atoms with Crippen LogP contribution in [-0.2, 0) is 11.3 Å². The van der Waals surface area contributed by atoms with E-state index >= 15 is 0 Å². The standard InChI is InChI=1S/C26H34N6O2/c1-2-17(1)24-25-22(13-21(29-24)18-14-32(15-18)19-3-6-27-7-4-19)30-26-20(16-34-25)23(5-8-28-26)31-9-11-33-12-10-31/h5,8,13,17-19,27H,1-4,6-7,9-12,14-16H2,(H,28,30). The smallest absolute Gasteiger partial charge is 0.165 e. The number of fused-ring (bicyclic) bond motifs is 2. The predicted molar refractivity (Wildman–Crippen MR) is 131 cm³/mol. The molecule has 7 rings (SSSR count). The molecule has 34 heavy (non-hydrogen) atoms. The molecule has 0 amide bonds. The zero-order valence-electron chi connectivity index (χ0n) is 19.8. The van der Waals surface area contributed by atoms with E-state index in [1.807, 2.05) is 6.20 Å². The zero-order valence-corrected chi connectivity index (χ0v) is 19.8. The third kappa shape index (κ3) is 3.82. The van der Waals surface area contributed by atoms with Gasteiger partial charge in [0.25, 0.3) is 0 Å². The molecule has 8 nitrogen and oxygen atoms in total. The summed E-state index contributed by atoms with van der Waals surface area (Å²) in [6.07, 6.45) is 6.86. The molecule has 0 radical (unpaired) electrons. The SMILES string of the molecule is c1cc(N2CCOCC2)c2c(n1)Nc1cc(C3CN(C4CCNCC4)C3)nc(C3CC3)c1OC2. The molecular formula is C26H34N6O2. The number of rotatable bonds is 4. The van der Waals surface area contributed by atoms with E-state index in [9.17, 15) is 0 Å². The molecule has 2 aromatic rings. The van der Waals surface area contributed by atoms with Crippen molar-refractivity contribution >= 4 is 17.2 Å². The number of anilines is 3. The van der Waals surface area contributed by atoms with Crippen LogP contribution < -0.4 is 20.3 Å². The van der Waals surface area contributed by atoms with Crippen LogP contribution >= 0.6 is 0 Å². The maximum absolute atomic E-state index is 6.50. The van der Waals surface area contributed by atoms with Crippen molar-refractivity contribution in [2.75, 3.05) is 62.7 Å². The van der Waals surface area contributed by atoms with E-state index in [4.69, 9.17) is 19.4 Å². The third-order valence-electron chi connectivity index (χ3n) is 8.13. The molecule has 1 saturated carbocycles. The largest absolute Gasteiger partial charge is 0.485 e. The normalized spacial score (nSPS) is 23.8. The first-order valence-electron chi connectivity index (χ1n) is 13.0. The molecule has 3 saturated heterocycles. The van der Waals surface area contributed by atoms with Crippen LogP contribution in [0.4, 0.5) is 17.2 Å².